The molecule has 3 N–H and O–H groups in total. The van der Waals surface area contributed by atoms with E-state index in [2.05, 4.69) is 54.8 Å². The predicted octanol–water partition coefficient (Wildman–Crippen LogP) is 5.45. The third kappa shape index (κ3) is 10.2. The molecule has 7 rings (SSSR count). The van der Waals surface area contributed by atoms with Gasteiger partial charge in [-0.15, -0.1) is 0 Å². The Morgan fingerprint density at radius 1 is 1.12 bits per heavy atom. The summed E-state index contributed by atoms with van der Waals surface area (Å²) in [5.74, 6) is -2.91. The number of likely N-dealkylation sites (N-methyl/N-ethyl adjacent to an activating group) is 1. The van der Waals surface area contributed by atoms with Crippen LogP contribution in [0.25, 0.3) is 33.4 Å². The topological polar surface area (TPSA) is 176 Å². The molecule has 4 atom stereocenters. The van der Waals surface area contributed by atoms with E-state index in [4.69, 9.17) is 14.5 Å². The first kappa shape index (κ1) is 47.9. The van der Waals surface area contributed by atoms with E-state index in [1.807, 2.05) is 44.3 Å². The second kappa shape index (κ2) is 20.2. The highest BCUT2D eigenvalue weighted by Gasteiger charge is 2.40. The number of rotatable bonds is 11. The van der Waals surface area contributed by atoms with Crippen LogP contribution < -0.4 is 10.7 Å². The number of carbonyl (C=O) groups is 5. The standard InChI is InChI=1S/C51H65N7O8/c1-9-44(60)56-20-17-34(29-56)48(62)55(7)45(31(3)4)47(61)53-42-24-32-22-35(25-36(59)23-32)41-26-38-39(27-51(5,6)30-66-50(64)40-16-13-19-58(54-40)49(42)63)46(57(10-2)43(38)28-52-41)37-15-12-11-14-33(37)18-21-65-8/h9,11-12,14-15,22-23,25-26,28,31,34,40,42,45,54,59H,1,10,13,16-21,24,27,29-30H2,2-8H3,(H,53,61)/t34-,40-,42-,45?/m0/s1. The Bertz CT molecular complexity index is 2500. The molecule has 1 unspecified atom stereocenters. The molecule has 4 aromatic rings. The summed E-state index contributed by atoms with van der Waals surface area (Å²) in [4.78, 5) is 77.3. The van der Waals surface area contributed by atoms with Crippen LogP contribution in [0.3, 0.4) is 0 Å². The van der Waals surface area contributed by atoms with E-state index in [0.717, 1.165) is 39.7 Å². The number of fused-ring (bicyclic) bond motifs is 6. The minimum atomic E-state index is -1.18. The lowest BCUT2D eigenvalue weighted by Gasteiger charge is -2.37. The number of hydrogen-bond acceptors (Lipinski definition) is 10. The lowest BCUT2D eigenvalue weighted by Crippen LogP contribution is -2.62. The van der Waals surface area contributed by atoms with Gasteiger partial charge in [0.1, 0.15) is 23.9 Å². The van der Waals surface area contributed by atoms with Crippen molar-refractivity contribution < 1.29 is 38.6 Å². The number of nitrogens with zero attached hydrogens (tertiary/aromatic N) is 5. The van der Waals surface area contributed by atoms with Gasteiger partial charge in [0.25, 0.3) is 5.91 Å². The van der Waals surface area contributed by atoms with E-state index in [1.54, 1.807) is 31.2 Å². The van der Waals surface area contributed by atoms with Gasteiger partial charge in [-0.2, -0.15) is 0 Å². The molecule has 15 nitrogen and oxygen atoms in total. The number of hydrazine groups is 1. The Labute approximate surface area is 387 Å². The number of aromatic nitrogens is 2. The Balaban J connectivity index is 1.30. The van der Waals surface area contributed by atoms with E-state index in [1.165, 1.54) is 16.0 Å². The van der Waals surface area contributed by atoms with E-state index < -0.39 is 47.2 Å². The summed E-state index contributed by atoms with van der Waals surface area (Å²) in [7, 11) is 3.28. The van der Waals surface area contributed by atoms with Crippen molar-refractivity contribution >= 4 is 40.5 Å². The molecule has 6 bridgehead atoms. The molecule has 0 saturated carbocycles. The number of benzene rings is 2. The van der Waals surface area contributed by atoms with Crippen LogP contribution in [0.5, 0.6) is 5.75 Å². The van der Waals surface area contributed by atoms with Gasteiger partial charge < -0.3 is 34.3 Å². The van der Waals surface area contributed by atoms with Crippen molar-refractivity contribution in [1.29, 1.82) is 0 Å². The Kier molecular flexibility index (Phi) is 14.7. The monoisotopic (exact) mass is 903 g/mol. The van der Waals surface area contributed by atoms with Gasteiger partial charge in [-0.25, -0.2) is 5.43 Å². The van der Waals surface area contributed by atoms with Crippen LogP contribution in [-0.4, -0.2) is 124 Å². The number of carbonyl (C=O) groups excluding carboxylic acids is 5. The Morgan fingerprint density at radius 2 is 1.89 bits per heavy atom. The SMILES string of the molecule is C=CC(=O)N1CC[C@H](C(=O)N(C)C(C(=O)N[C@H]2Cc3cc(O)cc(c3)-c3cc4c(c(-c5ccccc5CCOC)n(CC)c4cn3)CC(C)(C)COC(=O)[C@@H]3CCCN(N3)C2=O)C(C)C)C1. The Morgan fingerprint density at radius 3 is 2.62 bits per heavy atom. The van der Waals surface area contributed by atoms with Crippen molar-refractivity contribution in [2.24, 2.45) is 17.3 Å². The van der Waals surface area contributed by atoms with Crippen LogP contribution in [0.1, 0.15) is 70.6 Å². The third-order valence-corrected chi connectivity index (χ3v) is 13.2. The van der Waals surface area contributed by atoms with E-state index in [0.29, 0.717) is 62.2 Å². The number of phenolic OH excluding ortho intramolecular Hbond substituents is 1. The summed E-state index contributed by atoms with van der Waals surface area (Å²) >= 11 is 0. The average Bonchev–Trinajstić information content (AvgIpc) is 3.91. The number of esters is 1. The summed E-state index contributed by atoms with van der Waals surface area (Å²) in [6.07, 6.45) is 5.74. The molecular weight excluding hydrogens is 839 g/mol. The van der Waals surface area contributed by atoms with Gasteiger partial charge >= 0.3 is 5.97 Å². The number of cyclic esters (lactones) is 1. The molecule has 5 heterocycles. The normalized spacial score (nSPS) is 20.5. The maximum absolute atomic E-state index is 14.7. The second-order valence-corrected chi connectivity index (χ2v) is 19.1. The largest absolute Gasteiger partial charge is 0.508 e. The minimum absolute atomic E-state index is 0.0285. The van der Waals surface area contributed by atoms with Crippen LogP contribution in [0.2, 0.25) is 0 Å². The fraction of sp³-hybridized carbons (Fsp3) is 0.490. The molecule has 66 heavy (non-hydrogen) atoms. The number of methoxy groups -OCH3 is 1. The van der Waals surface area contributed by atoms with Crippen LogP contribution in [-0.2, 0) is 59.3 Å². The number of hydrogen-bond donors (Lipinski definition) is 3. The smallest absolute Gasteiger partial charge is 0.324 e. The molecule has 3 aliphatic heterocycles. The first-order valence-electron chi connectivity index (χ1n) is 23.2. The van der Waals surface area contributed by atoms with Gasteiger partial charge in [-0.3, -0.25) is 34.0 Å². The molecule has 0 radical (unpaired) electrons. The van der Waals surface area contributed by atoms with Crippen molar-refractivity contribution in [3.63, 3.8) is 0 Å². The number of likely N-dealkylation sites (tertiary alicyclic amines) is 1. The molecule has 2 aromatic carbocycles. The van der Waals surface area contributed by atoms with Crippen molar-refractivity contribution in [1.82, 2.24) is 35.1 Å². The first-order chi connectivity index (χ1) is 31.5. The highest BCUT2D eigenvalue weighted by atomic mass is 16.5. The molecular formula is C51H65N7O8. The molecule has 4 amide bonds. The fourth-order valence-electron chi connectivity index (χ4n) is 9.94. The number of nitrogens with one attached hydrogen (secondary N) is 2. The highest BCUT2D eigenvalue weighted by molar-refractivity contribution is 5.95. The van der Waals surface area contributed by atoms with Gasteiger partial charge in [0.15, 0.2) is 0 Å². The number of amides is 4. The Hall–Kier alpha value is -6.06. The van der Waals surface area contributed by atoms with Gasteiger partial charge in [-0.1, -0.05) is 58.5 Å². The molecule has 0 spiro atoms. The zero-order valence-corrected chi connectivity index (χ0v) is 39.4. The van der Waals surface area contributed by atoms with Crippen molar-refractivity contribution in [3.05, 3.63) is 84.1 Å². The number of aromatic hydroxyl groups is 1. The average molecular weight is 904 g/mol. The van der Waals surface area contributed by atoms with E-state index in [9.17, 15) is 29.1 Å². The number of ether oxygens (including phenoxy) is 2. The number of phenols is 1. The number of pyridine rings is 1. The van der Waals surface area contributed by atoms with Gasteiger partial charge in [0.05, 0.1) is 42.2 Å². The molecule has 3 aliphatic rings. The summed E-state index contributed by atoms with van der Waals surface area (Å²) in [5.41, 5.74) is 9.68. The van der Waals surface area contributed by atoms with Crippen molar-refractivity contribution in [3.8, 4) is 28.3 Å². The van der Waals surface area contributed by atoms with Gasteiger partial charge in [0.2, 0.25) is 17.7 Å². The van der Waals surface area contributed by atoms with Crippen LogP contribution in [0, 0.1) is 17.3 Å². The molecule has 2 fully saturated rings. The maximum atomic E-state index is 14.7. The van der Waals surface area contributed by atoms with Crippen molar-refractivity contribution in [2.45, 2.75) is 97.8 Å². The minimum Gasteiger partial charge on any atom is -0.508 e. The summed E-state index contributed by atoms with van der Waals surface area (Å²) < 4.78 is 13.9. The van der Waals surface area contributed by atoms with Gasteiger partial charge in [0, 0.05) is 68.7 Å². The zero-order valence-electron chi connectivity index (χ0n) is 39.4. The molecule has 352 valence electrons. The van der Waals surface area contributed by atoms with Crippen LogP contribution in [0.15, 0.2) is 67.4 Å². The molecule has 2 saturated heterocycles. The molecule has 2 aromatic heterocycles. The lowest BCUT2D eigenvalue weighted by molar-refractivity contribution is -0.155. The number of aryl methyl sites for hydroxylation is 1. The highest BCUT2D eigenvalue weighted by Crippen LogP contribution is 2.41. The predicted molar refractivity (Wildman–Crippen MR) is 252 cm³/mol. The van der Waals surface area contributed by atoms with E-state index >= 15 is 0 Å². The lowest BCUT2D eigenvalue weighted by atomic mass is 9.84. The van der Waals surface area contributed by atoms with Gasteiger partial charge in [-0.05, 0) is 92.0 Å². The van der Waals surface area contributed by atoms with E-state index in [-0.39, 0.29) is 49.6 Å². The molecule has 15 heteroatoms. The van der Waals surface area contributed by atoms with Crippen LogP contribution in [0.4, 0.5) is 0 Å². The van der Waals surface area contributed by atoms with Crippen molar-refractivity contribution in [2.75, 3.05) is 47.0 Å². The maximum Gasteiger partial charge on any atom is 0.324 e. The quantitative estimate of drug-likeness (QED) is 0.130. The first-order valence-corrected chi connectivity index (χ1v) is 23.2. The zero-order chi connectivity index (χ0) is 47.4. The summed E-state index contributed by atoms with van der Waals surface area (Å²) in [6, 6.07) is 12.5. The fourth-order valence-corrected chi connectivity index (χ4v) is 9.94. The third-order valence-electron chi connectivity index (χ3n) is 13.2. The molecule has 0 aliphatic carbocycles. The second-order valence-electron chi connectivity index (χ2n) is 19.1. The van der Waals surface area contributed by atoms with Crippen LogP contribution >= 0.6 is 0 Å². The summed E-state index contributed by atoms with van der Waals surface area (Å²) in [6.45, 7) is 15.7. The summed E-state index contributed by atoms with van der Waals surface area (Å²) in [5, 5.41) is 16.6.